The number of piperidine rings is 1. The molecule has 3 rings (SSSR count). The summed E-state index contributed by atoms with van der Waals surface area (Å²) < 4.78 is 6.55. The van der Waals surface area contributed by atoms with Gasteiger partial charge in [0, 0.05) is 29.6 Å². The summed E-state index contributed by atoms with van der Waals surface area (Å²) in [7, 11) is 1.90. The number of carbonyl (C=O) groups excluding carboxylic acids is 1. The molecule has 0 spiro atoms. The van der Waals surface area contributed by atoms with Crippen molar-refractivity contribution in [1.82, 2.24) is 10.2 Å². The maximum absolute atomic E-state index is 12.3. The van der Waals surface area contributed by atoms with Gasteiger partial charge in [-0.1, -0.05) is 22.0 Å². The Balaban J connectivity index is 1.53. The summed E-state index contributed by atoms with van der Waals surface area (Å²) in [6.07, 6.45) is 4.63. The van der Waals surface area contributed by atoms with Gasteiger partial charge in [-0.2, -0.15) is 0 Å². The first-order chi connectivity index (χ1) is 10.1. The Hall–Kier alpha value is -1.07. The van der Waals surface area contributed by atoms with Gasteiger partial charge in [0.2, 0.25) is 0 Å². The van der Waals surface area contributed by atoms with Crippen molar-refractivity contribution >= 4 is 21.8 Å². The number of nitrogens with one attached hydrogen (secondary N) is 1. The van der Waals surface area contributed by atoms with Crippen LogP contribution in [0.4, 0.5) is 0 Å². The molecule has 2 bridgehead atoms. The lowest BCUT2D eigenvalue weighted by molar-refractivity contribution is -0.134. The van der Waals surface area contributed by atoms with E-state index in [1.54, 1.807) is 0 Å². The average Bonchev–Trinajstić information content (AvgIpc) is 2.82. The lowest BCUT2D eigenvalue weighted by atomic mass is 9.98. The van der Waals surface area contributed by atoms with Crippen molar-refractivity contribution in [3.63, 3.8) is 0 Å². The van der Waals surface area contributed by atoms with E-state index in [0.717, 1.165) is 23.1 Å². The highest BCUT2D eigenvalue weighted by Crippen LogP contribution is 2.29. The van der Waals surface area contributed by atoms with E-state index in [-0.39, 0.29) is 12.5 Å². The van der Waals surface area contributed by atoms with Crippen LogP contribution in [0.3, 0.4) is 0 Å². The minimum absolute atomic E-state index is 0.0567. The monoisotopic (exact) mass is 352 g/mol. The van der Waals surface area contributed by atoms with Crippen molar-refractivity contribution in [1.29, 1.82) is 0 Å². The number of rotatable bonds is 4. The highest BCUT2D eigenvalue weighted by atomic mass is 79.9. The van der Waals surface area contributed by atoms with Crippen LogP contribution in [-0.2, 0) is 4.79 Å². The van der Waals surface area contributed by atoms with Crippen LogP contribution in [-0.4, -0.2) is 42.6 Å². The molecule has 1 aromatic carbocycles. The van der Waals surface area contributed by atoms with Crippen LogP contribution in [0.5, 0.6) is 5.75 Å². The van der Waals surface area contributed by atoms with Crippen molar-refractivity contribution in [3.05, 3.63) is 28.7 Å². The van der Waals surface area contributed by atoms with E-state index in [0.29, 0.717) is 18.1 Å². The second kappa shape index (κ2) is 6.36. The zero-order valence-electron chi connectivity index (χ0n) is 12.2. The predicted molar refractivity (Wildman–Crippen MR) is 85.4 cm³/mol. The molecule has 0 aromatic heterocycles. The Labute approximate surface area is 134 Å². The number of fused-ring (bicyclic) bond motifs is 2. The van der Waals surface area contributed by atoms with E-state index < -0.39 is 0 Å². The van der Waals surface area contributed by atoms with Crippen molar-refractivity contribution in [2.24, 2.45) is 0 Å². The fourth-order valence-electron chi connectivity index (χ4n) is 3.35. The molecule has 0 radical (unpaired) electrons. The zero-order valence-corrected chi connectivity index (χ0v) is 13.8. The van der Waals surface area contributed by atoms with Crippen LogP contribution in [0.1, 0.15) is 25.7 Å². The molecule has 0 saturated carbocycles. The Morgan fingerprint density at radius 3 is 2.76 bits per heavy atom. The van der Waals surface area contributed by atoms with E-state index in [1.165, 1.54) is 12.8 Å². The van der Waals surface area contributed by atoms with Gasteiger partial charge in [0.1, 0.15) is 5.75 Å². The van der Waals surface area contributed by atoms with E-state index in [2.05, 4.69) is 21.2 Å². The molecule has 2 aliphatic heterocycles. The zero-order chi connectivity index (χ0) is 14.8. The van der Waals surface area contributed by atoms with Crippen molar-refractivity contribution in [3.8, 4) is 5.75 Å². The smallest absolute Gasteiger partial charge is 0.260 e. The third kappa shape index (κ3) is 3.58. The van der Waals surface area contributed by atoms with E-state index in [9.17, 15) is 4.79 Å². The van der Waals surface area contributed by atoms with Gasteiger partial charge in [0.25, 0.3) is 5.91 Å². The average molecular weight is 353 g/mol. The molecule has 4 nitrogen and oxygen atoms in total. The van der Waals surface area contributed by atoms with Gasteiger partial charge in [-0.3, -0.25) is 4.79 Å². The molecule has 21 heavy (non-hydrogen) atoms. The van der Waals surface area contributed by atoms with Crippen LogP contribution in [0.25, 0.3) is 0 Å². The van der Waals surface area contributed by atoms with Gasteiger partial charge < -0.3 is 15.0 Å². The first-order valence-electron chi connectivity index (χ1n) is 7.52. The second-order valence-electron chi connectivity index (χ2n) is 6.01. The number of ether oxygens (including phenoxy) is 1. The van der Waals surface area contributed by atoms with Crippen LogP contribution in [0.15, 0.2) is 28.7 Å². The van der Waals surface area contributed by atoms with Crippen LogP contribution in [0.2, 0.25) is 0 Å². The molecule has 2 fully saturated rings. The number of likely N-dealkylation sites (N-methyl/N-ethyl adjacent to an activating group) is 1. The number of carbonyl (C=O) groups is 1. The van der Waals surface area contributed by atoms with Gasteiger partial charge in [-0.05, 0) is 43.9 Å². The Morgan fingerprint density at radius 1 is 1.38 bits per heavy atom. The molecule has 1 amide bonds. The van der Waals surface area contributed by atoms with Gasteiger partial charge >= 0.3 is 0 Å². The first kappa shape index (κ1) is 14.9. The van der Waals surface area contributed by atoms with Crippen LogP contribution < -0.4 is 10.1 Å². The summed E-state index contributed by atoms with van der Waals surface area (Å²) in [5.74, 6) is 0.776. The molecular weight excluding hydrogens is 332 g/mol. The van der Waals surface area contributed by atoms with Gasteiger partial charge in [-0.25, -0.2) is 0 Å². The summed E-state index contributed by atoms with van der Waals surface area (Å²) >= 11 is 3.40. The fourth-order valence-corrected chi connectivity index (χ4v) is 3.73. The number of hydrogen-bond acceptors (Lipinski definition) is 3. The van der Waals surface area contributed by atoms with Crippen molar-refractivity contribution in [2.75, 3.05) is 13.7 Å². The van der Waals surface area contributed by atoms with E-state index in [1.807, 2.05) is 36.2 Å². The van der Waals surface area contributed by atoms with E-state index in [4.69, 9.17) is 4.74 Å². The lowest BCUT2D eigenvalue weighted by Crippen LogP contribution is -2.49. The molecule has 2 heterocycles. The maximum Gasteiger partial charge on any atom is 0.260 e. The van der Waals surface area contributed by atoms with Gasteiger partial charge in [0.15, 0.2) is 6.61 Å². The third-order valence-corrected chi connectivity index (χ3v) is 5.04. The molecule has 2 atom stereocenters. The number of nitrogens with zero attached hydrogens (tertiary/aromatic N) is 1. The predicted octanol–water partition coefficient (Wildman–Crippen LogP) is 2.57. The second-order valence-corrected chi connectivity index (χ2v) is 6.93. The molecule has 2 saturated heterocycles. The van der Waals surface area contributed by atoms with E-state index >= 15 is 0 Å². The molecule has 5 heteroatoms. The first-order valence-corrected chi connectivity index (χ1v) is 8.31. The highest BCUT2D eigenvalue weighted by molar-refractivity contribution is 9.10. The summed E-state index contributed by atoms with van der Waals surface area (Å²) in [6.45, 7) is 0.103. The molecule has 1 N–H and O–H groups in total. The van der Waals surface area contributed by atoms with Gasteiger partial charge in [-0.15, -0.1) is 0 Å². The molecule has 0 aliphatic carbocycles. The van der Waals surface area contributed by atoms with Crippen LogP contribution in [0, 0.1) is 0 Å². The summed E-state index contributed by atoms with van der Waals surface area (Å²) in [4.78, 5) is 14.2. The SMILES string of the molecule is CN(C(=O)COc1cccc(Br)c1)C1CC2CCC(C1)N2. The molecule has 1 aromatic rings. The highest BCUT2D eigenvalue weighted by Gasteiger charge is 2.36. The topological polar surface area (TPSA) is 41.6 Å². The lowest BCUT2D eigenvalue weighted by Gasteiger charge is -2.35. The summed E-state index contributed by atoms with van der Waals surface area (Å²) in [5, 5.41) is 3.60. The Bertz CT molecular complexity index is 511. The summed E-state index contributed by atoms with van der Waals surface area (Å²) in [5.41, 5.74) is 0. The standard InChI is InChI=1S/C16H21BrN2O2/c1-19(14-8-12-5-6-13(9-14)18-12)16(20)10-21-15-4-2-3-11(17)7-15/h2-4,7,12-14,18H,5-6,8-10H2,1H3. The normalized spacial score (nSPS) is 27.4. The number of amides is 1. The minimum atomic E-state index is 0.0567. The van der Waals surface area contributed by atoms with Crippen LogP contribution >= 0.6 is 15.9 Å². The quantitative estimate of drug-likeness (QED) is 0.905. The molecule has 2 aliphatic rings. The summed E-state index contributed by atoms with van der Waals surface area (Å²) in [6, 6.07) is 9.11. The molecular formula is C16H21BrN2O2. The number of hydrogen-bond donors (Lipinski definition) is 1. The van der Waals surface area contributed by atoms with Crippen molar-refractivity contribution in [2.45, 2.75) is 43.8 Å². The largest absolute Gasteiger partial charge is 0.484 e. The maximum atomic E-state index is 12.3. The van der Waals surface area contributed by atoms with Crippen molar-refractivity contribution < 1.29 is 9.53 Å². The fraction of sp³-hybridized carbons (Fsp3) is 0.562. The van der Waals surface area contributed by atoms with Gasteiger partial charge in [0.05, 0.1) is 0 Å². The Morgan fingerprint density at radius 2 is 2.10 bits per heavy atom. The number of benzene rings is 1. The number of halogens is 1. The molecule has 2 unspecified atom stereocenters. The molecule has 114 valence electrons. The Kier molecular flexibility index (Phi) is 4.50. The third-order valence-electron chi connectivity index (χ3n) is 4.55. The minimum Gasteiger partial charge on any atom is -0.484 e.